The molecular formula is C23H28N2O4. The molecule has 1 amide bonds. The van der Waals surface area contributed by atoms with E-state index in [2.05, 4.69) is 5.32 Å². The van der Waals surface area contributed by atoms with E-state index in [1.807, 2.05) is 39.0 Å². The van der Waals surface area contributed by atoms with Crippen molar-refractivity contribution in [2.24, 2.45) is 0 Å². The first-order valence-electron chi connectivity index (χ1n) is 10.2. The third-order valence-electron chi connectivity index (χ3n) is 5.57. The number of nitrogens with one attached hydrogen (secondary N) is 1. The minimum atomic E-state index is -0.658. The Kier molecular flexibility index (Phi) is 6.20. The Hall–Kier alpha value is -2.89. The van der Waals surface area contributed by atoms with Crippen LogP contribution in [0.1, 0.15) is 57.1 Å². The van der Waals surface area contributed by atoms with E-state index in [0.717, 1.165) is 54.7 Å². The van der Waals surface area contributed by atoms with Crippen LogP contribution in [-0.2, 0) is 10.2 Å². The maximum atomic E-state index is 13.4. The van der Waals surface area contributed by atoms with Crippen LogP contribution in [0.15, 0.2) is 42.5 Å². The molecule has 0 aromatic heterocycles. The summed E-state index contributed by atoms with van der Waals surface area (Å²) in [4.78, 5) is 24.0. The smallest absolute Gasteiger partial charge is 0.269 e. The maximum absolute atomic E-state index is 13.4. The number of aryl methyl sites for hydroxylation is 1. The second-order valence-electron chi connectivity index (χ2n) is 8.05. The number of hydrogen-bond donors (Lipinski definition) is 1. The molecule has 1 aliphatic carbocycles. The van der Waals surface area contributed by atoms with Crippen molar-refractivity contribution in [1.82, 2.24) is 0 Å². The number of hydrogen-bond acceptors (Lipinski definition) is 4. The van der Waals surface area contributed by atoms with E-state index in [4.69, 9.17) is 4.74 Å². The third kappa shape index (κ3) is 4.58. The molecule has 0 radical (unpaired) electrons. The van der Waals surface area contributed by atoms with Crippen molar-refractivity contribution in [1.29, 1.82) is 0 Å². The molecule has 2 aromatic carbocycles. The number of amides is 1. The molecule has 29 heavy (non-hydrogen) atoms. The molecule has 0 bridgehead atoms. The largest absolute Gasteiger partial charge is 0.491 e. The fraction of sp³-hybridized carbons (Fsp3) is 0.435. The molecule has 3 rings (SSSR count). The van der Waals surface area contributed by atoms with E-state index in [1.54, 1.807) is 12.1 Å². The minimum absolute atomic E-state index is 0.0384. The van der Waals surface area contributed by atoms with Crippen molar-refractivity contribution in [2.75, 3.05) is 5.32 Å². The van der Waals surface area contributed by atoms with Gasteiger partial charge in [-0.3, -0.25) is 14.9 Å². The first-order chi connectivity index (χ1) is 13.8. The molecule has 0 unspecified atom stereocenters. The van der Waals surface area contributed by atoms with Gasteiger partial charge >= 0.3 is 0 Å². The van der Waals surface area contributed by atoms with Crippen molar-refractivity contribution >= 4 is 17.3 Å². The molecule has 154 valence electrons. The minimum Gasteiger partial charge on any atom is -0.491 e. The molecule has 1 N–H and O–H groups in total. The molecule has 0 spiro atoms. The lowest BCUT2D eigenvalue weighted by atomic mass is 9.68. The summed E-state index contributed by atoms with van der Waals surface area (Å²) in [6, 6.07) is 12.1. The van der Waals surface area contributed by atoms with Gasteiger partial charge in [-0.1, -0.05) is 31.4 Å². The lowest BCUT2D eigenvalue weighted by molar-refractivity contribution is -0.384. The van der Waals surface area contributed by atoms with Crippen molar-refractivity contribution in [3.05, 3.63) is 63.7 Å². The summed E-state index contributed by atoms with van der Waals surface area (Å²) in [7, 11) is 0. The fourth-order valence-corrected chi connectivity index (χ4v) is 4.07. The summed E-state index contributed by atoms with van der Waals surface area (Å²) in [5, 5.41) is 14.1. The highest BCUT2D eigenvalue weighted by molar-refractivity contribution is 5.99. The number of carbonyl (C=O) groups is 1. The Bertz CT molecular complexity index is 884. The van der Waals surface area contributed by atoms with Gasteiger partial charge in [0.05, 0.1) is 16.4 Å². The summed E-state index contributed by atoms with van der Waals surface area (Å²) < 4.78 is 5.77. The molecule has 6 heteroatoms. The van der Waals surface area contributed by atoms with Gasteiger partial charge in [-0.05, 0) is 62.9 Å². The van der Waals surface area contributed by atoms with Gasteiger partial charge in [0, 0.05) is 17.8 Å². The van der Waals surface area contributed by atoms with Gasteiger partial charge in [-0.2, -0.15) is 0 Å². The van der Waals surface area contributed by atoms with Crippen molar-refractivity contribution in [2.45, 2.75) is 64.4 Å². The lowest BCUT2D eigenvalue weighted by Gasteiger charge is -2.36. The quantitative estimate of drug-likeness (QED) is 0.514. The van der Waals surface area contributed by atoms with Crippen LogP contribution in [0, 0.1) is 17.0 Å². The van der Waals surface area contributed by atoms with Gasteiger partial charge in [0.25, 0.3) is 5.69 Å². The highest BCUT2D eigenvalue weighted by atomic mass is 16.6. The molecular weight excluding hydrogens is 368 g/mol. The number of carbonyl (C=O) groups excluding carboxylic acids is 1. The molecule has 0 atom stereocenters. The van der Waals surface area contributed by atoms with Gasteiger partial charge in [0.15, 0.2) is 0 Å². The summed E-state index contributed by atoms with van der Waals surface area (Å²) in [5.74, 6) is 0.753. The number of benzene rings is 2. The number of nitro groups is 1. The predicted octanol–water partition coefficient (Wildman–Crippen LogP) is 5.53. The van der Waals surface area contributed by atoms with Crippen LogP contribution in [0.2, 0.25) is 0 Å². The number of anilines is 1. The van der Waals surface area contributed by atoms with E-state index >= 15 is 0 Å². The van der Waals surface area contributed by atoms with Crippen molar-refractivity contribution in [3.8, 4) is 5.75 Å². The molecule has 1 aliphatic rings. The van der Waals surface area contributed by atoms with Crippen LogP contribution >= 0.6 is 0 Å². The van der Waals surface area contributed by atoms with Crippen LogP contribution in [0.5, 0.6) is 5.75 Å². The zero-order valence-corrected chi connectivity index (χ0v) is 17.2. The Morgan fingerprint density at radius 1 is 1.10 bits per heavy atom. The standard InChI is InChI=1S/C23H28N2O4/c1-16(2)29-21-12-9-19(15-17(21)3)24-22(26)23(13-5-4-6-14-23)18-7-10-20(11-8-18)25(27)28/h7-12,15-16H,4-6,13-14H2,1-3H3,(H,24,26). The third-order valence-corrected chi connectivity index (χ3v) is 5.57. The zero-order chi connectivity index (χ0) is 21.0. The predicted molar refractivity (Wildman–Crippen MR) is 113 cm³/mol. The molecule has 0 saturated heterocycles. The molecule has 2 aromatic rings. The zero-order valence-electron chi connectivity index (χ0n) is 17.2. The molecule has 0 heterocycles. The molecule has 1 fully saturated rings. The molecule has 6 nitrogen and oxygen atoms in total. The Labute approximate surface area is 171 Å². The Morgan fingerprint density at radius 3 is 2.31 bits per heavy atom. The average molecular weight is 396 g/mol. The normalized spacial score (nSPS) is 15.7. The topological polar surface area (TPSA) is 81.5 Å². The number of nitro benzene ring substituents is 1. The summed E-state index contributed by atoms with van der Waals surface area (Å²) in [6.07, 6.45) is 4.59. The maximum Gasteiger partial charge on any atom is 0.269 e. The van der Waals surface area contributed by atoms with Crippen LogP contribution in [-0.4, -0.2) is 16.9 Å². The van der Waals surface area contributed by atoms with E-state index in [-0.39, 0.29) is 17.7 Å². The van der Waals surface area contributed by atoms with E-state index < -0.39 is 10.3 Å². The van der Waals surface area contributed by atoms with Gasteiger partial charge in [0.2, 0.25) is 5.91 Å². The van der Waals surface area contributed by atoms with E-state index in [1.165, 1.54) is 12.1 Å². The first kappa shape index (κ1) is 20.8. The number of rotatable bonds is 6. The Balaban J connectivity index is 1.86. The van der Waals surface area contributed by atoms with Crippen LogP contribution in [0.25, 0.3) is 0 Å². The Morgan fingerprint density at radius 2 is 1.76 bits per heavy atom. The molecule has 0 aliphatic heterocycles. The van der Waals surface area contributed by atoms with Crippen LogP contribution < -0.4 is 10.1 Å². The van der Waals surface area contributed by atoms with Crippen LogP contribution in [0.4, 0.5) is 11.4 Å². The van der Waals surface area contributed by atoms with Gasteiger partial charge < -0.3 is 10.1 Å². The first-order valence-corrected chi connectivity index (χ1v) is 10.2. The highest BCUT2D eigenvalue weighted by Gasteiger charge is 2.41. The molecule has 1 saturated carbocycles. The van der Waals surface area contributed by atoms with Crippen molar-refractivity contribution < 1.29 is 14.5 Å². The SMILES string of the molecule is Cc1cc(NC(=O)C2(c3ccc([N+](=O)[O-])cc3)CCCCC2)ccc1OC(C)C. The monoisotopic (exact) mass is 396 g/mol. The van der Waals surface area contributed by atoms with Crippen LogP contribution in [0.3, 0.4) is 0 Å². The van der Waals surface area contributed by atoms with E-state index in [9.17, 15) is 14.9 Å². The highest BCUT2D eigenvalue weighted by Crippen LogP contribution is 2.41. The van der Waals surface area contributed by atoms with Gasteiger partial charge in [-0.25, -0.2) is 0 Å². The number of ether oxygens (including phenoxy) is 1. The lowest BCUT2D eigenvalue weighted by Crippen LogP contribution is -2.42. The fourth-order valence-electron chi connectivity index (χ4n) is 4.07. The average Bonchev–Trinajstić information content (AvgIpc) is 2.70. The summed E-state index contributed by atoms with van der Waals surface area (Å²) >= 11 is 0. The number of nitrogens with zero attached hydrogens (tertiary/aromatic N) is 1. The van der Waals surface area contributed by atoms with E-state index in [0.29, 0.717) is 0 Å². The van der Waals surface area contributed by atoms with Gasteiger partial charge in [-0.15, -0.1) is 0 Å². The number of non-ortho nitro benzene ring substituents is 1. The van der Waals surface area contributed by atoms with Gasteiger partial charge in [0.1, 0.15) is 5.75 Å². The van der Waals surface area contributed by atoms with Crippen molar-refractivity contribution in [3.63, 3.8) is 0 Å². The second kappa shape index (κ2) is 8.64. The second-order valence-corrected chi connectivity index (χ2v) is 8.05. The summed E-state index contributed by atoms with van der Waals surface area (Å²) in [5.41, 5.74) is 1.92. The summed E-state index contributed by atoms with van der Waals surface area (Å²) in [6.45, 7) is 5.92.